The number of benzene rings is 2. The molecule has 0 amide bonds. The molecule has 0 radical (unpaired) electrons. The summed E-state index contributed by atoms with van der Waals surface area (Å²) in [4.78, 5) is 18.6. The Labute approximate surface area is 188 Å². The maximum atomic E-state index is 13.6. The first-order valence-electron chi connectivity index (χ1n) is 12.1. The first-order chi connectivity index (χ1) is 15.8. The third-order valence-corrected chi connectivity index (χ3v) is 7.27. The number of fused-ring (bicyclic) bond motifs is 2. The lowest BCUT2D eigenvalue weighted by Crippen LogP contribution is -2.27. The van der Waals surface area contributed by atoms with Crippen molar-refractivity contribution in [3.63, 3.8) is 0 Å². The minimum absolute atomic E-state index is 0.0624. The average Bonchev–Trinajstić information content (AvgIpc) is 3.42. The van der Waals surface area contributed by atoms with E-state index in [4.69, 9.17) is 4.52 Å². The van der Waals surface area contributed by atoms with E-state index in [9.17, 15) is 4.79 Å². The van der Waals surface area contributed by atoms with Crippen LogP contribution in [0.3, 0.4) is 0 Å². The highest BCUT2D eigenvalue weighted by molar-refractivity contribution is 6.28. The number of ketones is 1. The van der Waals surface area contributed by atoms with Crippen molar-refractivity contribution in [3.8, 4) is 11.3 Å². The largest absolute Gasteiger partial charge is 0.383 e. The molecule has 3 aliphatic rings. The van der Waals surface area contributed by atoms with E-state index < -0.39 is 0 Å². The van der Waals surface area contributed by atoms with Gasteiger partial charge in [0, 0.05) is 43.0 Å². The quantitative estimate of drug-likeness (QED) is 0.485. The minimum atomic E-state index is 0.0624. The Kier molecular flexibility index (Phi) is 5.10. The second-order valence-corrected chi connectivity index (χ2v) is 9.31. The summed E-state index contributed by atoms with van der Waals surface area (Å²) in [5.74, 6) is 0.789. The maximum absolute atomic E-state index is 13.6. The Morgan fingerprint density at radius 3 is 2.44 bits per heavy atom. The van der Waals surface area contributed by atoms with Crippen molar-refractivity contribution in [2.45, 2.75) is 38.5 Å². The Morgan fingerprint density at radius 2 is 1.66 bits per heavy atom. The second-order valence-electron chi connectivity index (χ2n) is 9.31. The second kappa shape index (κ2) is 8.24. The Morgan fingerprint density at radius 1 is 0.938 bits per heavy atom. The van der Waals surface area contributed by atoms with Crippen LogP contribution >= 0.6 is 0 Å². The van der Waals surface area contributed by atoms with Crippen LogP contribution in [0, 0.1) is 0 Å². The van der Waals surface area contributed by atoms with Crippen LogP contribution in [0.1, 0.15) is 54.4 Å². The van der Waals surface area contributed by atoms with E-state index in [-0.39, 0.29) is 5.78 Å². The molecule has 0 saturated carbocycles. The fraction of sp³-hybridized carbons (Fsp3) is 0.462. The molecule has 0 bridgehead atoms. The summed E-state index contributed by atoms with van der Waals surface area (Å²) in [6, 6.07) is 9.90. The lowest BCUT2D eigenvalue weighted by atomic mass is 9.86. The molecule has 1 aromatic heterocycles. The SMILES string of the molecule is O=C1c2ccccc2-c2onc3c(N4CCCCCC4)cc(NCCN4CCCC4)c1c23. The van der Waals surface area contributed by atoms with Gasteiger partial charge in [-0.15, -0.1) is 0 Å². The molecule has 2 aromatic carbocycles. The zero-order valence-corrected chi connectivity index (χ0v) is 18.5. The van der Waals surface area contributed by atoms with Crippen molar-refractivity contribution in [2.24, 2.45) is 0 Å². The van der Waals surface area contributed by atoms with Crippen LogP contribution in [0.4, 0.5) is 11.4 Å². The standard InChI is InChI=1S/C26H30N4O2/c31-25-18-9-3-4-10-19(18)26-23-22(25)20(27-11-16-29-12-7-8-13-29)17-21(24(23)28-32-26)30-14-5-1-2-6-15-30/h3-4,9-10,17,27H,1-2,5-8,11-16H2. The molecule has 6 nitrogen and oxygen atoms in total. The summed E-state index contributed by atoms with van der Waals surface area (Å²) < 4.78 is 5.91. The molecule has 6 heteroatoms. The van der Waals surface area contributed by atoms with E-state index in [1.807, 2.05) is 24.3 Å². The van der Waals surface area contributed by atoms with Crippen LogP contribution in [0.5, 0.6) is 0 Å². The van der Waals surface area contributed by atoms with Gasteiger partial charge in [0.25, 0.3) is 0 Å². The molecule has 2 aliphatic heterocycles. The van der Waals surface area contributed by atoms with Gasteiger partial charge in [-0.2, -0.15) is 0 Å². The smallest absolute Gasteiger partial charge is 0.196 e. The van der Waals surface area contributed by atoms with Crippen molar-refractivity contribution in [2.75, 3.05) is 49.5 Å². The third-order valence-electron chi connectivity index (χ3n) is 7.27. The van der Waals surface area contributed by atoms with Crippen LogP contribution in [0.15, 0.2) is 34.9 Å². The van der Waals surface area contributed by atoms with Crippen LogP contribution in [-0.2, 0) is 0 Å². The van der Waals surface area contributed by atoms with Gasteiger partial charge in [0.05, 0.1) is 16.6 Å². The normalized spacial score (nSPS) is 18.8. The third kappa shape index (κ3) is 3.28. The van der Waals surface area contributed by atoms with E-state index >= 15 is 0 Å². The Bertz CT molecular complexity index is 1150. The number of carbonyl (C=O) groups excluding carboxylic acids is 1. The van der Waals surface area contributed by atoms with Crippen molar-refractivity contribution >= 4 is 28.1 Å². The van der Waals surface area contributed by atoms with Gasteiger partial charge in [-0.05, 0) is 44.8 Å². The summed E-state index contributed by atoms with van der Waals surface area (Å²) in [7, 11) is 0. The van der Waals surface area contributed by atoms with E-state index in [0.717, 1.165) is 65.3 Å². The lowest BCUT2D eigenvalue weighted by molar-refractivity contribution is 0.104. The fourth-order valence-electron chi connectivity index (χ4n) is 5.59. The first kappa shape index (κ1) is 19.8. The summed E-state index contributed by atoms with van der Waals surface area (Å²) in [6.45, 7) is 6.22. The molecule has 0 unspecified atom stereocenters. The predicted octanol–water partition coefficient (Wildman–Crippen LogP) is 4.93. The van der Waals surface area contributed by atoms with E-state index in [0.29, 0.717) is 5.56 Å². The van der Waals surface area contributed by atoms with Crippen molar-refractivity contribution in [1.29, 1.82) is 0 Å². The number of anilines is 2. The predicted molar refractivity (Wildman–Crippen MR) is 128 cm³/mol. The number of carbonyl (C=O) groups is 1. The zero-order chi connectivity index (χ0) is 21.5. The van der Waals surface area contributed by atoms with Crippen LogP contribution in [-0.4, -0.2) is 55.1 Å². The monoisotopic (exact) mass is 430 g/mol. The van der Waals surface area contributed by atoms with Crippen molar-refractivity contribution < 1.29 is 9.32 Å². The molecule has 2 fully saturated rings. The summed E-state index contributed by atoms with van der Waals surface area (Å²) >= 11 is 0. The van der Waals surface area contributed by atoms with Crippen molar-refractivity contribution in [3.05, 3.63) is 41.5 Å². The molecule has 6 rings (SSSR count). The van der Waals surface area contributed by atoms with Crippen LogP contribution in [0.2, 0.25) is 0 Å². The van der Waals surface area contributed by atoms with Gasteiger partial charge >= 0.3 is 0 Å². The molecular weight excluding hydrogens is 400 g/mol. The number of nitrogens with one attached hydrogen (secondary N) is 1. The molecule has 166 valence electrons. The highest BCUT2D eigenvalue weighted by atomic mass is 16.5. The molecule has 3 heterocycles. The van der Waals surface area contributed by atoms with Gasteiger partial charge < -0.3 is 19.6 Å². The van der Waals surface area contributed by atoms with Crippen LogP contribution in [0.25, 0.3) is 22.2 Å². The van der Waals surface area contributed by atoms with Gasteiger partial charge in [-0.25, -0.2) is 0 Å². The van der Waals surface area contributed by atoms with Gasteiger partial charge in [0.15, 0.2) is 11.5 Å². The zero-order valence-electron chi connectivity index (χ0n) is 18.5. The van der Waals surface area contributed by atoms with Gasteiger partial charge in [0.2, 0.25) is 0 Å². The molecule has 1 aliphatic carbocycles. The van der Waals surface area contributed by atoms with E-state index in [1.54, 1.807) is 0 Å². The Hall–Kier alpha value is -2.86. The summed E-state index contributed by atoms with van der Waals surface area (Å²) in [5.41, 5.74) is 5.10. The first-order valence-corrected chi connectivity index (χ1v) is 12.1. The number of likely N-dealkylation sites (tertiary alicyclic amines) is 1. The average molecular weight is 431 g/mol. The number of aromatic nitrogens is 1. The number of rotatable bonds is 5. The minimum Gasteiger partial charge on any atom is -0.383 e. The summed E-state index contributed by atoms with van der Waals surface area (Å²) in [5, 5.41) is 9.01. The number of hydrogen-bond acceptors (Lipinski definition) is 6. The molecule has 0 atom stereocenters. The molecular formula is C26H30N4O2. The highest BCUT2D eigenvalue weighted by Crippen LogP contribution is 2.46. The fourth-order valence-corrected chi connectivity index (χ4v) is 5.59. The van der Waals surface area contributed by atoms with Gasteiger partial charge in [-0.3, -0.25) is 4.79 Å². The lowest BCUT2D eigenvalue weighted by Gasteiger charge is -2.26. The van der Waals surface area contributed by atoms with Crippen molar-refractivity contribution in [1.82, 2.24) is 10.1 Å². The maximum Gasteiger partial charge on any atom is 0.196 e. The Balaban J connectivity index is 1.46. The van der Waals surface area contributed by atoms with E-state index in [1.165, 1.54) is 51.6 Å². The van der Waals surface area contributed by atoms with E-state index in [2.05, 4.69) is 26.3 Å². The summed E-state index contributed by atoms with van der Waals surface area (Å²) in [6.07, 6.45) is 7.50. The van der Waals surface area contributed by atoms with Gasteiger partial charge in [-0.1, -0.05) is 42.3 Å². The highest BCUT2D eigenvalue weighted by Gasteiger charge is 2.33. The van der Waals surface area contributed by atoms with Gasteiger partial charge in [0.1, 0.15) is 5.52 Å². The molecule has 32 heavy (non-hydrogen) atoms. The molecule has 1 N–H and O–H groups in total. The molecule has 2 saturated heterocycles. The number of nitrogens with zero attached hydrogens (tertiary/aromatic N) is 3. The topological polar surface area (TPSA) is 61.6 Å². The number of hydrogen-bond donors (Lipinski definition) is 1. The molecule has 3 aromatic rings. The molecule has 0 spiro atoms. The van der Waals surface area contributed by atoms with Crippen LogP contribution < -0.4 is 10.2 Å².